The van der Waals surface area contributed by atoms with Gasteiger partial charge in [-0.3, -0.25) is 0 Å². The van der Waals surface area contributed by atoms with Gasteiger partial charge in [-0.2, -0.15) is 0 Å². The fraction of sp³-hybridized carbons (Fsp3) is 0.125. The van der Waals surface area contributed by atoms with E-state index in [1.807, 2.05) is 43.4 Å². The molecule has 5 heteroatoms. The lowest BCUT2D eigenvalue weighted by molar-refractivity contribution is 0.494. The van der Waals surface area contributed by atoms with Crippen LogP contribution in [0.15, 0.2) is 42.5 Å². The highest BCUT2D eigenvalue weighted by atomic mass is 35.5. The average Bonchev–Trinajstić information content (AvgIpc) is 2.82. The summed E-state index contributed by atoms with van der Waals surface area (Å²) in [5, 5.41) is 5.37. The molecule has 0 atom stereocenters. The van der Waals surface area contributed by atoms with Crippen molar-refractivity contribution >= 4 is 46.2 Å². The van der Waals surface area contributed by atoms with Crippen molar-refractivity contribution in [3.8, 4) is 0 Å². The van der Waals surface area contributed by atoms with Crippen LogP contribution in [0.4, 0.5) is 0 Å². The molecule has 0 saturated heterocycles. The minimum absolute atomic E-state index is 0.628. The van der Waals surface area contributed by atoms with Crippen LogP contribution in [0.1, 0.15) is 11.1 Å². The van der Waals surface area contributed by atoms with E-state index in [0.717, 1.165) is 34.2 Å². The summed E-state index contributed by atoms with van der Waals surface area (Å²) in [4.78, 5) is 2.14. The van der Waals surface area contributed by atoms with Crippen LogP contribution < -0.4 is 5.32 Å². The van der Waals surface area contributed by atoms with Gasteiger partial charge in [0.05, 0.1) is 23.1 Å². The van der Waals surface area contributed by atoms with E-state index < -0.39 is 0 Å². The van der Waals surface area contributed by atoms with E-state index in [9.17, 15) is 0 Å². The number of nitrogens with one attached hydrogen (secondary N) is 1. The molecule has 21 heavy (non-hydrogen) atoms. The molecule has 0 saturated carbocycles. The monoisotopic (exact) mass is 338 g/mol. The van der Waals surface area contributed by atoms with Crippen LogP contribution in [0.3, 0.4) is 0 Å². The first-order valence-corrected chi connectivity index (χ1v) is 7.60. The van der Waals surface area contributed by atoms with Crippen LogP contribution in [0.2, 0.25) is 15.1 Å². The first-order valence-electron chi connectivity index (χ1n) is 6.47. The van der Waals surface area contributed by atoms with Crippen molar-refractivity contribution < 1.29 is 0 Å². The van der Waals surface area contributed by atoms with Gasteiger partial charge in [-0.05, 0) is 30.3 Å². The van der Waals surface area contributed by atoms with E-state index in [1.165, 1.54) is 0 Å². The first-order chi connectivity index (χ1) is 10.1. The minimum atomic E-state index is 0.628. The van der Waals surface area contributed by atoms with E-state index in [2.05, 4.69) is 10.2 Å². The molecular weight excluding hydrogens is 327 g/mol. The van der Waals surface area contributed by atoms with E-state index in [1.54, 1.807) is 6.07 Å². The van der Waals surface area contributed by atoms with Crippen molar-refractivity contribution in [1.29, 1.82) is 0 Å². The molecule has 0 unspecified atom stereocenters. The molecule has 0 bridgehead atoms. The predicted molar refractivity (Wildman–Crippen MR) is 90.5 cm³/mol. The summed E-state index contributed by atoms with van der Waals surface area (Å²) < 4.78 is 0. The number of halogens is 3. The van der Waals surface area contributed by atoms with Crippen LogP contribution in [-0.4, -0.2) is 18.6 Å². The van der Waals surface area contributed by atoms with E-state index in [-0.39, 0.29) is 0 Å². The van der Waals surface area contributed by atoms with Crippen molar-refractivity contribution in [2.24, 2.45) is 0 Å². The third kappa shape index (κ3) is 2.84. The van der Waals surface area contributed by atoms with Gasteiger partial charge in [0.25, 0.3) is 0 Å². The molecule has 0 aromatic heterocycles. The maximum atomic E-state index is 6.34. The summed E-state index contributed by atoms with van der Waals surface area (Å²) in [5.74, 6) is 0. The molecule has 1 aliphatic heterocycles. The summed E-state index contributed by atoms with van der Waals surface area (Å²) in [5.41, 5.74) is 4.13. The number of hydrogen-bond acceptors (Lipinski definition) is 2. The van der Waals surface area contributed by atoms with Crippen molar-refractivity contribution in [2.75, 3.05) is 13.7 Å². The zero-order valence-electron chi connectivity index (χ0n) is 11.3. The maximum absolute atomic E-state index is 6.34. The third-order valence-electron chi connectivity index (χ3n) is 3.43. The number of benzene rings is 2. The lowest BCUT2D eigenvalue weighted by atomic mass is 10.1. The summed E-state index contributed by atoms with van der Waals surface area (Å²) >= 11 is 18.3. The second-order valence-electron chi connectivity index (χ2n) is 4.89. The molecule has 2 aromatic carbocycles. The van der Waals surface area contributed by atoms with E-state index in [4.69, 9.17) is 34.8 Å². The van der Waals surface area contributed by atoms with Gasteiger partial charge in [-0.25, -0.2) is 0 Å². The van der Waals surface area contributed by atoms with Gasteiger partial charge < -0.3 is 10.2 Å². The number of nitrogens with zero attached hydrogens (tertiary/aromatic N) is 1. The van der Waals surface area contributed by atoms with Crippen LogP contribution in [-0.2, 0) is 0 Å². The Morgan fingerprint density at radius 2 is 1.62 bits per heavy atom. The number of hydrogen-bond donors (Lipinski definition) is 1. The molecule has 0 fully saturated rings. The summed E-state index contributed by atoms with van der Waals surface area (Å²) in [6.07, 6.45) is 0. The van der Waals surface area contributed by atoms with Gasteiger partial charge in [0.15, 0.2) is 0 Å². The smallest absolute Gasteiger partial charge is 0.0875 e. The average molecular weight is 340 g/mol. The van der Waals surface area contributed by atoms with Crippen molar-refractivity contribution in [3.05, 3.63) is 68.7 Å². The van der Waals surface area contributed by atoms with Crippen LogP contribution in [0, 0.1) is 0 Å². The molecule has 1 aliphatic rings. The van der Waals surface area contributed by atoms with Gasteiger partial charge in [0, 0.05) is 28.2 Å². The molecule has 2 nitrogen and oxygen atoms in total. The third-order valence-corrected chi connectivity index (χ3v) is 4.23. The highest BCUT2D eigenvalue weighted by Crippen LogP contribution is 2.35. The van der Waals surface area contributed by atoms with Crippen molar-refractivity contribution in [2.45, 2.75) is 0 Å². The summed E-state index contributed by atoms with van der Waals surface area (Å²) in [6.45, 7) is 0.728. The molecule has 1 heterocycles. The maximum Gasteiger partial charge on any atom is 0.0875 e. The summed E-state index contributed by atoms with van der Waals surface area (Å²) in [7, 11) is 2.04. The Morgan fingerprint density at radius 3 is 2.29 bits per heavy atom. The Kier molecular flexibility index (Phi) is 4.03. The Balaban J connectivity index is 2.14. The Morgan fingerprint density at radius 1 is 0.952 bits per heavy atom. The van der Waals surface area contributed by atoms with Crippen molar-refractivity contribution in [3.63, 3.8) is 0 Å². The molecule has 0 spiro atoms. The zero-order chi connectivity index (χ0) is 15.0. The molecule has 0 aliphatic carbocycles. The molecule has 0 radical (unpaired) electrons. The Hall–Kier alpha value is -1.35. The van der Waals surface area contributed by atoms with E-state index >= 15 is 0 Å². The van der Waals surface area contributed by atoms with Crippen LogP contribution >= 0.6 is 34.8 Å². The molecule has 108 valence electrons. The van der Waals surface area contributed by atoms with Gasteiger partial charge in [0.2, 0.25) is 0 Å². The predicted octanol–water partition coefficient (Wildman–Crippen LogP) is 4.97. The largest absolute Gasteiger partial charge is 0.366 e. The standard InChI is InChI=1S/C16H13Cl3N2/c1-21-9-20-15(13-7-6-12(18)8-14(13)19)16(21)10-2-4-11(17)5-3-10/h2-8,20H,9H2,1H3. The van der Waals surface area contributed by atoms with Crippen LogP contribution in [0.5, 0.6) is 0 Å². The summed E-state index contributed by atoms with van der Waals surface area (Å²) in [6, 6.07) is 13.3. The normalized spacial score (nSPS) is 14.6. The lowest BCUT2D eigenvalue weighted by Crippen LogP contribution is -2.18. The highest BCUT2D eigenvalue weighted by Gasteiger charge is 2.23. The van der Waals surface area contributed by atoms with Gasteiger partial charge in [-0.15, -0.1) is 0 Å². The van der Waals surface area contributed by atoms with Crippen molar-refractivity contribution in [1.82, 2.24) is 10.2 Å². The molecule has 3 rings (SSSR count). The highest BCUT2D eigenvalue weighted by molar-refractivity contribution is 6.36. The van der Waals surface area contributed by atoms with E-state index in [0.29, 0.717) is 10.0 Å². The van der Waals surface area contributed by atoms with Crippen LogP contribution in [0.25, 0.3) is 11.4 Å². The van der Waals surface area contributed by atoms with Gasteiger partial charge >= 0.3 is 0 Å². The number of rotatable bonds is 2. The lowest BCUT2D eigenvalue weighted by Gasteiger charge is -2.16. The van der Waals surface area contributed by atoms with Gasteiger partial charge in [0.1, 0.15) is 0 Å². The molecular formula is C16H13Cl3N2. The zero-order valence-corrected chi connectivity index (χ0v) is 13.6. The Bertz CT molecular complexity index is 708. The fourth-order valence-electron chi connectivity index (χ4n) is 2.44. The molecule has 0 amide bonds. The molecule has 2 aromatic rings. The quantitative estimate of drug-likeness (QED) is 0.831. The van der Waals surface area contributed by atoms with Gasteiger partial charge in [-0.1, -0.05) is 46.9 Å². The minimum Gasteiger partial charge on any atom is -0.366 e. The molecule has 1 N–H and O–H groups in total. The fourth-order valence-corrected chi connectivity index (χ4v) is 3.07. The Labute approximate surface area is 138 Å². The second kappa shape index (κ2) is 5.80. The second-order valence-corrected chi connectivity index (χ2v) is 6.17. The SMILES string of the molecule is CN1CNC(c2ccc(Cl)cc2Cl)=C1c1ccc(Cl)cc1. The topological polar surface area (TPSA) is 15.3 Å². The first kappa shape index (κ1) is 14.6.